The minimum absolute atomic E-state index is 0. The monoisotopic (exact) mass is 392 g/mol. The van der Waals surface area contributed by atoms with Crippen molar-refractivity contribution >= 4 is 18.3 Å². The molecule has 2 heterocycles. The van der Waals surface area contributed by atoms with E-state index in [1.54, 1.807) is 4.68 Å². The van der Waals surface area contributed by atoms with E-state index in [2.05, 4.69) is 34.8 Å². The molecular weight excluding hydrogens is 364 g/mol. The van der Waals surface area contributed by atoms with E-state index in [0.29, 0.717) is 19.7 Å². The highest BCUT2D eigenvalue weighted by Crippen LogP contribution is 2.28. The number of aryl methyl sites for hydroxylation is 1. The van der Waals surface area contributed by atoms with Gasteiger partial charge in [-0.1, -0.05) is 31.2 Å². The van der Waals surface area contributed by atoms with E-state index in [0.717, 1.165) is 36.3 Å². The zero-order chi connectivity index (χ0) is 18.4. The third kappa shape index (κ3) is 5.54. The molecule has 2 atom stereocenters. The van der Waals surface area contributed by atoms with Crippen LogP contribution < -0.4 is 10.6 Å². The molecule has 1 aliphatic rings. The van der Waals surface area contributed by atoms with Gasteiger partial charge in [-0.05, 0) is 23.1 Å². The van der Waals surface area contributed by atoms with Gasteiger partial charge >= 0.3 is 0 Å². The fraction of sp³-hybridized carbons (Fsp3) is 0.500. The Morgan fingerprint density at radius 2 is 2.11 bits per heavy atom. The summed E-state index contributed by atoms with van der Waals surface area (Å²) in [6, 6.07) is 8.12. The van der Waals surface area contributed by atoms with Crippen LogP contribution in [-0.4, -0.2) is 35.4 Å². The summed E-state index contributed by atoms with van der Waals surface area (Å²) in [5, 5.41) is 10.7. The molecule has 1 aromatic carbocycles. The van der Waals surface area contributed by atoms with E-state index in [1.165, 1.54) is 0 Å². The number of rotatable bonds is 8. The number of halogens is 1. The molecule has 0 bridgehead atoms. The van der Waals surface area contributed by atoms with Crippen LogP contribution in [0.2, 0.25) is 0 Å². The third-order valence-corrected chi connectivity index (χ3v) is 4.88. The second-order valence-corrected chi connectivity index (χ2v) is 6.86. The van der Waals surface area contributed by atoms with Gasteiger partial charge in [0.15, 0.2) is 0 Å². The van der Waals surface area contributed by atoms with E-state index in [9.17, 15) is 4.79 Å². The Kier molecular flexibility index (Phi) is 8.28. The van der Waals surface area contributed by atoms with E-state index in [-0.39, 0.29) is 30.2 Å². The number of aromatic nitrogens is 2. The van der Waals surface area contributed by atoms with Gasteiger partial charge in [-0.15, -0.1) is 12.4 Å². The van der Waals surface area contributed by atoms with Crippen molar-refractivity contribution in [1.29, 1.82) is 0 Å². The second kappa shape index (κ2) is 10.4. The van der Waals surface area contributed by atoms with Gasteiger partial charge in [0, 0.05) is 45.4 Å². The Hall–Kier alpha value is -1.89. The molecule has 27 heavy (non-hydrogen) atoms. The average Bonchev–Trinajstić information content (AvgIpc) is 3.29. The van der Waals surface area contributed by atoms with Crippen molar-refractivity contribution in [2.24, 2.45) is 13.0 Å². The molecule has 1 aliphatic heterocycles. The van der Waals surface area contributed by atoms with Crippen LogP contribution in [0.5, 0.6) is 0 Å². The standard InChI is InChI=1S/C20H28N4O2.ClH/c1-3-8-26-14-16-7-5-4-6-15(16)9-22-20(25)19-12-21-11-18(19)17-10-23-24(2)13-17;/h4-7,10,13,18-19,21H,3,8-9,11-12,14H2,1-2H3,(H,22,25);1H/t18-,19+;/m1./s1. The number of carbonyl (C=O) groups excluding carboxylic acids is 1. The fourth-order valence-corrected chi connectivity index (χ4v) is 3.45. The highest BCUT2D eigenvalue weighted by atomic mass is 35.5. The summed E-state index contributed by atoms with van der Waals surface area (Å²) >= 11 is 0. The molecule has 2 aromatic rings. The first-order chi connectivity index (χ1) is 12.7. The largest absolute Gasteiger partial charge is 0.377 e. The molecule has 1 saturated heterocycles. The first-order valence-electron chi connectivity index (χ1n) is 9.30. The normalized spacial score (nSPS) is 18.9. The summed E-state index contributed by atoms with van der Waals surface area (Å²) in [5.41, 5.74) is 3.36. The van der Waals surface area contributed by atoms with Crippen LogP contribution >= 0.6 is 12.4 Å². The third-order valence-electron chi connectivity index (χ3n) is 4.88. The van der Waals surface area contributed by atoms with Gasteiger partial charge in [0.05, 0.1) is 18.7 Å². The molecule has 0 radical (unpaired) electrons. The average molecular weight is 393 g/mol. The first-order valence-corrected chi connectivity index (χ1v) is 9.30. The number of nitrogens with zero attached hydrogens (tertiary/aromatic N) is 2. The molecule has 0 saturated carbocycles. The summed E-state index contributed by atoms with van der Waals surface area (Å²) in [6.45, 7) is 5.48. The Morgan fingerprint density at radius 3 is 2.81 bits per heavy atom. The number of hydrogen-bond acceptors (Lipinski definition) is 4. The molecule has 1 aromatic heterocycles. The van der Waals surface area contributed by atoms with E-state index in [4.69, 9.17) is 4.74 Å². The summed E-state index contributed by atoms with van der Waals surface area (Å²) in [6.07, 6.45) is 4.86. The maximum absolute atomic E-state index is 12.8. The van der Waals surface area contributed by atoms with E-state index in [1.807, 2.05) is 31.6 Å². The lowest BCUT2D eigenvalue weighted by molar-refractivity contribution is -0.125. The van der Waals surface area contributed by atoms with Crippen LogP contribution in [0.3, 0.4) is 0 Å². The van der Waals surface area contributed by atoms with Crippen LogP contribution in [0.25, 0.3) is 0 Å². The van der Waals surface area contributed by atoms with Gasteiger partial charge in [0.2, 0.25) is 5.91 Å². The van der Waals surface area contributed by atoms with Gasteiger partial charge in [-0.25, -0.2) is 0 Å². The van der Waals surface area contributed by atoms with Gasteiger partial charge in [-0.2, -0.15) is 5.10 Å². The number of benzene rings is 1. The number of ether oxygens (including phenoxy) is 1. The smallest absolute Gasteiger partial charge is 0.225 e. The van der Waals surface area contributed by atoms with Crippen molar-refractivity contribution in [2.75, 3.05) is 19.7 Å². The minimum Gasteiger partial charge on any atom is -0.377 e. The van der Waals surface area contributed by atoms with Gasteiger partial charge in [0.25, 0.3) is 0 Å². The maximum Gasteiger partial charge on any atom is 0.225 e. The van der Waals surface area contributed by atoms with Crippen molar-refractivity contribution in [1.82, 2.24) is 20.4 Å². The predicted octanol–water partition coefficient (Wildman–Crippen LogP) is 2.39. The quantitative estimate of drug-likeness (QED) is 0.677. The predicted molar refractivity (Wildman–Crippen MR) is 108 cm³/mol. The number of carbonyl (C=O) groups is 1. The van der Waals surface area contributed by atoms with Gasteiger partial charge in [-0.3, -0.25) is 9.48 Å². The molecule has 0 spiro atoms. The van der Waals surface area contributed by atoms with Crippen molar-refractivity contribution in [3.8, 4) is 0 Å². The van der Waals surface area contributed by atoms with Crippen molar-refractivity contribution in [2.45, 2.75) is 32.4 Å². The summed E-state index contributed by atoms with van der Waals surface area (Å²) < 4.78 is 7.45. The van der Waals surface area contributed by atoms with Gasteiger partial charge in [0.1, 0.15) is 0 Å². The molecule has 1 amide bonds. The first kappa shape index (κ1) is 21.4. The summed E-state index contributed by atoms with van der Waals surface area (Å²) in [5.74, 6) is 0.197. The van der Waals surface area contributed by atoms with Crippen molar-refractivity contribution in [3.63, 3.8) is 0 Å². The van der Waals surface area contributed by atoms with E-state index >= 15 is 0 Å². The highest BCUT2D eigenvalue weighted by molar-refractivity contribution is 5.85. The van der Waals surface area contributed by atoms with Crippen LogP contribution in [0, 0.1) is 5.92 Å². The Balaban J connectivity index is 0.00000261. The summed E-state index contributed by atoms with van der Waals surface area (Å²) in [4.78, 5) is 12.8. The summed E-state index contributed by atoms with van der Waals surface area (Å²) in [7, 11) is 1.90. The molecule has 0 aliphatic carbocycles. The van der Waals surface area contributed by atoms with Gasteiger partial charge < -0.3 is 15.4 Å². The zero-order valence-corrected chi connectivity index (χ0v) is 16.8. The second-order valence-electron chi connectivity index (χ2n) is 6.86. The topological polar surface area (TPSA) is 68.2 Å². The fourth-order valence-electron chi connectivity index (χ4n) is 3.45. The molecule has 7 heteroatoms. The molecule has 1 fully saturated rings. The van der Waals surface area contributed by atoms with E-state index < -0.39 is 0 Å². The zero-order valence-electron chi connectivity index (χ0n) is 16.0. The molecule has 2 N–H and O–H groups in total. The van der Waals surface area contributed by atoms with Crippen LogP contribution in [0.15, 0.2) is 36.7 Å². The Labute approximate surface area is 167 Å². The molecule has 0 unspecified atom stereocenters. The maximum atomic E-state index is 12.8. The van der Waals surface area contributed by atoms with Crippen molar-refractivity contribution < 1.29 is 9.53 Å². The minimum atomic E-state index is -0.0669. The van der Waals surface area contributed by atoms with Crippen LogP contribution in [0.1, 0.15) is 36.0 Å². The lowest BCUT2D eigenvalue weighted by Crippen LogP contribution is -2.34. The lowest BCUT2D eigenvalue weighted by Gasteiger charge is -2.18. The molecule has 148 valence electrons. The van der Waals surface area contributed by atoms with Crippen LogP contribution in [0.4, 0.5) is 0 Å². The number of nitrogens with one attached hydrogen (secondary N) is 2. The molecular formula is C20H29ClN4O2. The molecule has 3 rings (SSSR count). The Morgan fingerprint density at radius 1 is 1.33 bits per heavy atom. The Bertz CT molecular complexity index is 734. The van der Waals surface area contributed by atoms with Crippen LogP contribution in [-0.2, 0) is 29.7 Å². The SMILES string of the molecule is CCCOCc1ccccc1CNC(=O)[C@H]1CNC[C@@H]1c1cnn(C)c1.Cl. The lowest BCUT2D eigenvalue weighted by atomic mass is 9.90. The highest BCUT2D eigenvalue weighted by Gasteiger charge is 2.34. The van der Waals surface area contributed by atoms with Crippen molar-refractivity contribution in [3.05, 3.63) is 53.3 Å². The number of hydrogen-bond donors (Lipinski definition) is 2. The molecule has 6 nitrogen and oxygen atoms in total. The number of amides is 1.